The number of allylic oxidation sites excluding steroid dienone is 3. The minimum Gasteiger partial charge on any atom is -0.449 e. The topological polar surface area (TPSA) is 38.3 Å². The number of halogens is 1. The fraction of sp³-hybridized carbons (Fsp3) is 0.208. The van der Waals surface area contributed by atoms with E-state index in [0.29, 0.717) is 13.0 Å². The Bertz CT molecular complexity index is 886. The van der Waals surface area contributed by atoms with Crippen LogP contribution in [0.1, 0.15) is 30.4 Å². The van der Waals surface area contributed by atoms with Crippen LogP contribution in [0.2, 0.25) is 0 Å². The van der Waals surface area contributed by atoms with E-state index in [9.17, 15) is 4.79 Å². The van der Waals surface area contributed by atoms with E-state index in [-0.39, 0.29) is 12.0 Å². The van der Waals surface area contributed by atoms with Gasteiger partial charge in [-0.3, -0.25) is 0 Å². The van der Waals surface area contributed by atoms with Crippen molar-refractivity contribution in [2.75, 3.05) is 6.61 Å². The third-order valence-electron chi connectivity index (χ3n) is 4.78. The van der Waals surface area contributed by atoms with Gasteiger partial charge in [-0.25, -0.2) is 4.79 Å². The molecule has 1 amide bonds. The molecule has 3 nitrogen and oxygen atoms in total. The molecule has 2 aromatic carbocycles. The zero-order chi connectivity index (χ0) is 20.1. The molecule has 3 rings (SSSR count). The molecule has 0 spiro atoms. The van der Waals surface area contributed by atoms with Crippen molar-refractivity contribution in [1.82, 2.24) is 5.32 Å². The SMILES string of the molecule is C=C(Br)/C=C\C(=C)C[C@H](C)NC(=O)OCC1c2ccccc2-c2ccccc21. The summed E-state index contributed by atoms with van der Waals surface area (Å²) in [6.07, 6.45) is 3.95. The monoisotopic (exact) mass is 437 g/mol. The number of ether oxygens (including phenoxy) is 1. The maximum absolute atomic E-state index is 12.3. The molecule has 2 aromatic rings. The second kappa shape index (κ2) is 9.07. The lowest BCUT2D eigenvalue weighted by atomic mass is 9.98. The van der Waals surface area contributed by atoms with Crippen LogP contribution in [0.5, 0.6) is 0 Å². The van der Waals surface area contributed by atoms with E-state index in [4.69, 9.17) is 4.74 Å². The number of alkyl carbamates (subject to hydrolysis) is 1. The zero-order valence-electron chi connectivity index (χ0n) is 16.0. The van der Waals surface area contributed by atoms with Crippen molar-refractivity contribution in [3.63, 3.8) is 0 Å². The molecule has 1 aliphatic rings. The fourth-order valence-electron chi connectivity index (χ4n) is 3.56. The number of carbonyl (C=O) groups is 1. The standard InChI is InChI=1S/C24H24BrNO2/c1-16(12-13-17(2)25)14-18(3)26-24(27)28-15-23-21-10-6-4-8-19(21)20-9-5-7-11-22(20)23/h4-13,18,23H,1-2,14-15H2,3H3,(H,26,27)/b13-12-/t18-/m0/s1. The average Bonchev–Trinajstić information content (AvgIpc) is 2.98. The third kappa shape index (κ3) is 4.82. The Hall–Kier alpha value is -2.59. The van der Waals surface area contributed by atoms with Crippen LogP contribution in [-0.2, 0) is 4.74 Å². The van der Waals surface area contributed by atoms with Crippen LogP contribution in [0, 0.1) is 0 Å². The Morgan fingerprint density at radius 3 is 2.25 bits per heavy atom. The second-order valence-corrected chi connectivity index (χ2v) is 8.03. The van der Waals surface area contributed by atoms with Crippen LogP contribution in [0.4, 0.5) is 4.79 Å². The first kappa shape index (κ1) is 20.2. The van der Waals surface area contributed by atoms with E-state index in [1.165, 1.54) is 22.3 Å². The van der Waals surface area contributed by atoms with Gasteiger partial charge in [-0.05, 0) is 41.7 Å². The third-order valence-corrected chi connectivity index (χ3v) is 5.04. The molecule has 4 heteroatoms. The molecule has 0 radical (unpaired) electrons. The summed E-state index contributed by atoms with van der Waals surface area (Å²) in [6, 6.07) is 16.5. The Morgan fingerprint density at radius 2 is 1.68 bits per heavy atom. The van der Waals surface area contributed by atoms with Crippen molar-refractivity contribution >= 4 is 22.0 Å². The van der Waals surface area contributed by atoms with Crippen LogP contribution < -0.4 is 5.32 Å². The van der Waals surface area contributed by atoms with E-state index < -0.39 is 6.09 Å². The van der Waals surface area contributed by atoms with Gasteiger partial charge in [0.2, 0.25) is 0 Å². The molecular weight excluding hydrogens is 414 g/mol. The first-order valence-corrected chi connectivity index (χ1v) is 10.1. The summed E-state index contributed by atoms with van der Waals surface area (Å²) in [5, 5.41) is 2.88. The maximum atomic E-state index is 12.3. The molecule has 0 saturated heterocycles. The Balaban J connectivity index is 1.58. The van der Waals surface area contributed by atoms with Gasteiger partial charge in [0.25, 0.3) is 0 Å². The van der Waals surface area contributed by atoms with Crippen molar-refractivity contribution < 1.29 is 9.53 Å². The second-order valence-electron chi connectivity index (χ2n) is 7.01. The number of rotatable bonds is 7. The lowest BCUT2D eigenvalue weighted by Gasteiger charge is -2.17. The van der Waals surface area contributed by atoms with Gasteiger partial charge in [0.05, 0.1) is 0 Å². The van der Waals surface area contributed by atoms with Gasteiger partial charge in [0.1, 0.15) is 6.61 Å². The Kier molecular flexibility index (Phi) is 6.53. The number of amides is 1. The van der Waals surface area contributed by atoms with E-state index in [2.05, 4.69) is 58.7 Å². The predicted molar refractivity (Wildman–Crippen MR) is 119 cm³/mol. The number of benzene rings is 2. The molecule has 1 N–H and O–H groups in total. The van der Waals surface area contributed by atoms with Crippen LogP contribution >= 0.6 is 15.9 Å². The van der Waals surface area contributed by atoms with Crippen LogP contribution in [0.3, 0.4) is 0 Å². The van der Waals surface area contributed by atoms with Gasteiger partial charge in [0.15, 0.2) is 0 Å². The number of hydrogen-bond donors (Lipinski definition) is 1. The highest BCUT2D eigenvalue weighted by molar-refractivity contribution is 9.11. The van der Waals surface area contributed by atoms with Crippen LogP contribution in [0.25, 0.3) is 11.1 Å². The lowest BCUT2D eigenvalue weighted by Crippen LogP contribution is -2.34. The van der Waals surface area contributed by atoms with Crippen LogP contribution in [-0.4, -0.2) is 18.7 Å². The molecule has 0 aliphatic heterocycles. The highest BCUT2D eigenvalue weighted by atomic mass is 79.9. The van der Waals surface area contributed by atoms with Crippen molar-refractivity contribution in [2.45, 2.75) is 25.3 Å². The van der Waals surface area contributed by atoms with Crippen molar-refractivity contribution in [2.24, 2.45) is 0 Å². The van der Waals surface area contributed by atoms with E-state index in [0.717, 1.165) is 10.1 Å². The minimum absolute atomic E-state index is 0.0660. The van der Waals surface area contributed by atoms with Crippen molar-refractivity contribution in [1.29, 1.82) is 0 Å². The van der Waals surface area contributed by atoms with Gasteiger partial charge in [0, 0.05) is 16.4 Å². The number of nitrogens with one attached hydrogen (secondary N) is 1. The van der Waals surface area contributed by atoms with Crippen molar-refractivity contribution in [3.05, 3.63) is 95.0 Å². The summed E-state index contributed by atoms with van der Waals surface area (Å²) in [7, 11) is 0. The van der Waals surface area contributed by atoms with Gasteiger partial charge in [-0.2, -0.15) is 0 Å². The molecule has 1 atom stereocenters. The highest BCUT2D eigenvalue weighted by Gasteiger charge is 2.29. The first-order valence-electron chi connectivity index (χ1n) is 9.27. The molecule has 0 heterocycles. The molecular formula is C24H24BrNO2. The van der Waals surface area contributed by atoms with Crippen LogP contribution in [0.15, 0.2) is 83.9 Å². The summed E-state index contributed by atoms with van der Waals surface area (Å²) in [5.41, 5.74) is 5.76. The smallest absolute Gasteiger partial charge is 0.407 e. The number of carbonyl (C=O) groups excluding carboxylic acids is 1. The maximum Gasteiger partial charge on any atom is 0.407 e. The predicted octanol–water partition coefficient (Wildman–Crippen LogP) is 6.32. The molecule has 0 fully saturated rings. The largest absolute Gasteiger partial charge is 0.449 e. The first-order chi connectivity index (χ1) is 13.5. The van der Waals surface area contributed by atoms with E-state index in [1.807, 2.05) is 43.3 Å². The lowest BCUT2D eigenvalue weighted by molar-refractivity contribution is 0.140. The molecule has 144 valence electrons. The van der Waals surface area contributed by atoms with Crippen molar-refractivity contribution in [3.8, 4) is 11.1 Å². The van der Waals surface area contributed by atoms with Gasteiger partial charge >= 0.3 is 6.09 Å². The van der Waals surface area contributed by atoms with E-state index in [1.54, 1.807) is 0 Å². The summed E-state index contributed by atoms with van der Waals surface area (Å²) in [4.78, 5) is 12.3. The van der Waals surface area contributed by atoms with Gasteiger partial charge < -0.3 is 10.1 Å². The Morgan fingerprint density at radius 1 is 1.11 bits per heavy atom. The molecule has 0 unspecified atom stereocenters. The summed E-state index contributed by atoms with van der Waals surface area (Å²) >= 11 is 3.27. The molecule has 0 saturated carbocycles. The summed E-state index contributed by atoms with van der Waals surface area (Å²) < 4.78 is 6.35. The quantitative estimate of drug-likeness (QED) is 0.514. The zero-order valence-corrected chi connectivity index (χ0v) is 17.5. The molecule has 1 aliphatic carbocycles. The summed E-state index contributed by atoms with van der Waals surface area (Å²) in [6.45, 7) is 9.99. The van der Waals surface area contributed by atoms with Gasteiger partial charge in [-0.15, -0.1) is 0 Å². The Labute approximate surface area is 174 Å². The molecule has 0 aromatic heterocycles. The normalized spacial score (nSPS) is 13.6. The molecule has 28 heavy (non-hydrogen) atoms. The highest BCUT2D eigenvalue weighted by Crippen LogP contribution is 2.44. The van der Waals surface area contributed by atoms with E-state index >= 15 is 0 Å². The summed E-state index contributed by atoms with van der Waals surface area (Å²) in [5.74, 6) is 0.0660. The minimum atomic E-state index is -0.406. The molecule has 0 bridgehead atoms. The average molecular weight is 438 g/mol. The fourth-order valence-corrected chi connectivity index (χ4v) is 3.69. The van der Waals surface area contributed by atoms with Gasteiger partial charge in [-0.1, -0.05) is 89.3 Å². The number of fused-ring (bicyclic) bond motifs is 3. The number of hydrogen-bond acceptors (Lipinski definition) is 2.